The Balaban J connectivity index is 1.37. The quantitative estimate of drug-likeness (QED) is 0.318. The number of carbonyl (C=O) groups is 4. The lowest BCUT2D eigenvalue weighted by Gasteiger charge is -2.28. The molecule has 0 radical (unpaired) electrons. The zero-order valence-corrected chi connectivity index (χ0v) is 20.9. The molecule has 0 unspecified atom stereocenters. The molecule has 1 aromatic carbocycles. The van der Waals surface area contributed by atoms with Crippen LogP contribution in [0.4, 0.5) is 5.69 Å². The van der Waals surface area contributed by atoms with Gasteiger partial charge in [0.2, 0.25) is 11.8 Å². The molecule has 2 aliphatic carbocycles. The summed E-state index contributed by atoms with van der Waals surface area (Å²) in [7, 11) is 0. The third kappa shape index (κ3) is 3.92. The van der Waals surface area contributed by atoms with Crippen molar-refractivity contribution in [2.24, 2.45) is 23.7 Å². The molecule has 1 saturated heterocycles. The Morgan fingerprint density at radius 3 is 2.29 bits per heavy atom. The molecule has 2 saturated carbocycles. The predicted molar refractivity (Wildman–Crippen MR) is 121 cm³/mol. The number of halogens is 4. The van der Waals surface area contributed by atoms with E-state index in [4.69, 9.17) is 27.9 Å². The maximum atomic E-state index is 13.0. The van der Waals surface area contributed by atoms with Crippen LogP contribution >= 0.6 is 55.1 Å². The van der Waals surface area contributed by atoms with Crippen LogP contribution in [0, 0.1) is 23.7 Å². The van der Waals surface area contributed by atoms with Gasteiger partial charge in [0, 0.05) is 14.7 Å². The summed E-state index contributed by atoms with van der Waals surface area (Å²) < 4.78 is 5.06. The van der Waals surface area contributed by atoms with E-state index in [0.717, 1.165) is 11.3 Å². The average Bonchev–Trinajstić information content (AvgIpc) is 3.32. The number of esters is 1. The zero-order chi connectivity index (χ0) is 22.6. The third-order valence-corrected chi connectivity index (χ3v) is 10.1. The molecule has 1 heterocycles. The van der Waals surface area contributed by atoms with Crippen LogP contribution < -0.4 is 5.32 Å². The molecule has 0 aromatic heterocycles. The lowest BCUT2D eigenvalue weighted by atomic mass is 9.81. The first kappa shape index (κ1) is 23.0. The number of carbonyl (C=O) groups excluding carboxylic acids is 4. The summed E-state index contributed by atoms with van der Waals surface area (Å²) in [6, 6.07) is 3.44. The molecule has 3 fully saturated rings. The van der Waals surface area contributed by atoms with E-state index < -0.39 is 36.4 Å². The number of fused-ring (bicyclic) bond motifs is 5. The van der Waals surface area contributed by atoms with E-state index in [-0.39, 0.29) is 38.3 Å². The Kier molecular flexibility index (Phi) is 6.42. The van der Waals surface area contributed by atoms with Gasteiger partial charge >= 0.3 is 5.97 Å². The molecule has 4 rings (SSSR count). The number of nitrogens with zero attached hydrogens (tertiary/aromatic N) is 1. The Morgan fingerprint density at radius 1 is 1.16 bits per heavy atom. The van der Waals surface area contributed by atoms with Crippen molar-refractivity contribution in [2.75, 3.05) is 11.9 Å². The molecule has 2 bridgehead atoms. The van der Waals surface area contributed by atoms with E-state index in [1.54, 1.807) is 6.07 Å². The van der Waals surface area contributed by atoms with Crippen LogP contribution in [0.2, 0.25) is 10.0 Å². The van der Waals surface area contributed by atoms with Crippen LogP contribution in [0.15, 0.2) is 18.2 Å². The van der Waals surface area contributed by atoms with Gasteiger partial charge in [0.05, 0.1) is 22.5 Å². The normalized spacial score (nSPS) is 32.2. The zero-order valence-electron chi connectivity index (χ0n) is 16.2. The number of nitrogens with one attached hydrogen (secondary N) is 1. The van der Waals surface area contributed by atoms with Crippen molar-refractivity contribution in [1.82, 2.24) is 4.90 Å². The third-order valence-electron chi connectivity index (χ3n) is 6.30. The van der Waals surface area contributed by atoms with E-state index in [0.29, 0.717) is 10.7 Å². The highest BCUT2D eigenvalue weighted by Gasteiger charge is 2.67. The second kappa shape index (κ2) is 8.65. The lowest BCUT2D eigenvalue weighted by Crippen LogP contribution is -2.45. The standard InChI is InChI=1S/C20H18Br2Cl2N2O5/c1-7(20(30)31-6-13(27)25-12-3-2-8(23)4-11(12)24)26-18(28)14-9-5-10(15(14)19(26)29)17(22)16(9)21/h2-4,7,9-10,14-17H,5-6H2,1H3,(H,25,27)/t7-,9-,10-,14-,15+,16-,17+/m1/s1. The van der Waals surface area contributed by atoms with Crippen molar-refractivity contribution in [3.05, 3.63) is 28.2 Å². The first-order chi connectivity index (χ1) is 14.6. The van der Waals surface area contributed by atoms with Crippen molar-refractivity contribution < 1.29 is 23.9 Å². The van der Waals surface area contributed by atoms with Crippen LogP contribution in [0.25, 0.3) is 0 Å². The van der Waals surface area contributed by atoms with E-state index >= 15 is 0 Å². The van der Waals surface area contributed by atoms with Gasteiger partial charge in [-0.3, -0.25) is 19.3 Å². The minimum Gasteiger partial charge on any atom is -0.454 e. The van der Waals surface area contributed by atoms with E-state index in [2.05, 4.69) is 37.2 Å². The Hall–Kier alpha value is -1.16. The highest BCUT2D eigenvalue weighted by molar-refractivity contribution is 9.12. The molecule has 3 amide bonds. The minimum absolute atomic E-state index is 0.0546. The molecule has 3 aliphatic rings. The van der Waals surface area contributed by atoms with Gasteiger partial charge in [0.25, 0.3) is 5.91 Å². The number of alkyl halides is 2. The summed E-state index contributed by atoms with van der Waals surface area (Å²) in [5.41, 5.74) is 0.321. The van der Waals surface area contributed by atoms with Gasteiger partial charge in [-0.15, -0.1) is 0 Å². The molecular weight excluding hydrogens is 579 g/mol. The van der Waals surface area contributed by atoms with Gasteiger partial charge < -0.3 is 10.1 Å². The molecule has 1 N–H and O–H groups in total. The molecule has 0 spiro atoms. The second-order valence-corrected chi connectivity index (χ2v) is 11.0. The van der Waals surface area contributed by atoms with Crippen LogP contribution in [0.3, 0.4) is 0 Å². The Morgan fingerprint density at radius 2 is 1.74 bits per heavy atom. The first-order valence-electron chi connectivity index (χ1n) is 9.68. The molecular formula is C20H18Br2Cl2N2O5. The summed E-state index contributed by atoms with van der Waals surface area (Å²) in [4.78, 5) is 51.8. The number of anilines is 1. The van der Waals surface area contributed by atoms with Crippen LogP contribution in [0.5, 0.6) is 0 Å². The van der Waals surface area contributed by atoms with Gasteiger partial charge in [-0.2, -0.15) is 0 Å². The summed E-state index contributed by atoms with van der Waals surface area (Å²) in [5, 5.41) is 3.17. The minimum atomic E-state index is -1.11. The first-order valence-corrected chi connectivity index (χ1v) is 12.3. The number of hydrogen-bond donors (Lipinski definition) is 1. The van der Waals surface area contributed by atoms with Gasteiger partial charge in [-0.1, -0.05) is 55.1 Å². The number of hydrogen-bond acceptors (Lipinski definition) is 5. The Labute approximate surface area is 205 Å². The number of ether oxygens (including phenoxy) is 1. The fourth-order valence-electron chi connectivity index (χ4n) is 4.89. The number of imide groups is 1. The monoisotopic (exact) mass is 594 g/mol. The molecule has 31 heavy (non-hydrogen) atoms. The molecule has 11 heteroatoms. The van der Waals surface area contributed by atoms with Crippen molar-refractivity contribution in [3.63, 3.8) is 0 Å². The summed E-state index contributed by atoms with van der Waals surface area (Å²) in [6.07, 6.45) is 0.804. The van der Waals surface area contributed by atoms with E-state index in [1.807, 2.05) is 0 Å². The summed E-state index contributed by atoms with van der Waals surface area (Å²) in [6.45, 7) is 0.857. The predicted octanol–water partition coefficient (Wildman–Crippen LogP) is 3.64. The highest BCUT2D eigenvalue weighted by atomic mass is 79.9. The van der Waals surface area contributed by atoms with Gasteiger partial charge in [0.15, 0.2) is 6.61 Å². The van der Waals surface area contributed by atoms with Crippen LogP contribution in [0.1, 0.15) is 13.3 Å². The average molecular weight is 597 g/mol. The molecule has 1 aliphatic heterocycles. The number of amides is 3. The maximum absolute atomic E-state index is 13.0. The fourth-order valence-corrected chi connectivity index (χ4v) is 7.22. The SMILES string of the molecule is C[C@H](C(=O)OCC(=O)Nc1ccc(Cl)cc1Cl)N1C(=O)[C@@H]2[C@H]3C[C@@H]([C@H](Br)[C@@H]3Br)[C@@H]2C1=O. The molecule has 1 aromatic rings. The largest absolute Gasteiger partial charge is 0.454 e. The van der Waals surface area contributed by atoms with E-state index in [9.17, 15) is 19.2 Å². The topological polar surface area (TPSA) is 92.8 Å². The van der Waals surface area contributed by atoms with Crippen LogP contribution in [-0.4, -0.2) is 50.9 Å². The fraction of sp³-hybridized carbons (Fsp3) is 0.500. The number of benzene rings is 1. The Bertz CT molecular complexity index is 945. The second-order valence-electron chi connectivity index (χ2n) is 8.01. The van der Waals surface area contributed by atoms with Gasteiger partial charge in [-0.25, -0.2) is 4.79 Å². The lowest BCUT2D eigenvalue weighted by molar-refractivity contribution is -0.159. The smallest absolute Gasteiger partial charge is 0.329 e. The number of likely N-dealkylation sites (tertiary alicyclic amines) is 1. The maximum Gasteiger partial charge on any atom is 0.329 e. The van der Waals surface area contributed by atoms with Crippen molar-refractivity contribution in [1.29, 1.82) is 0 Å². The van der Waals surface area contributed by atoms with E-state index in [1.165, 1.54) is 19.1 Å². The van der Waals surface area contributed by atoms with Crippen molar-refractivity contribution in [2.45, 2.75) is 29.0 Å². The molecule has 7 nitrogen and oxygen atoms in total. The molecule has 7 atom stereocenters. The van der Waals surface area contributed by atoms with Crippen molar-refractivity contribution >= 4 is 84.4 Å². The summed E-state index contributed by atoms with van der Waals surface area (Å²) >= 11 is 19.1. The highest BCUT2D eigenvalue weighted by Crippen LogP contribution is 2.60. The molecule has 166 valence electrons. The summed E-state index contributed by atoms with van der Waals surface area (Å²) in [5.74, 6) is -2.83. The van der Waals surface area contributed by atoms with Crippen molar-refractivity contribution in [3.8, 4) is 0 Å². The van der Waals surface area contributed by atoms with Gasteiger partial charge in [0.1, 0.15) is 6.04 Å². The number of rotatable bonds is 5. The van der Waals surface area contributed by atoms with Crippen LogP contribution in [-0.2, 0) is 23.9 Å². The van der Waals surface area contributed by atoms with Gasteiger partial charge in [-0.05, 0) is 43.4 Å².